The van der Waals surface area contributed by atoms with Gasteiger partial charge in [-0.25, -0.2) is 8.42 Å². The van der Waals surface area contributed by atoms with Gasteiger partial charge in [-0.15, -0.1) is 0 Å². The molecule has 0 spiro atoms. The first-order valence-corrected chi connectivity index (χ1v) is 10.2. The number of hydrogen-bond acceptors (Lipinski definition) is 4. The van der Waals surface area contributed by atoms with Crippen molar-refractivity contribution in [2.75, 3.05) is 36.7 Å². The van der Waals surface area contributed by atoms with Crippen molar-refractivity contribution < 1.29 is 18.0 Å². The summed E-state index contributed by atoms with van der Waals surface area (Å²) in [4.78, 5) is 27.0. The summed E-state index contributed by atoms with van der Waals surface area (Å²) in [6.07, 6.45) is 2.16. The number of benzene rings is 1. The summed E-state index contributed by atoms with van der Waals surface area (Å²) in [5.41, 5.74) is 0.363. The van der Waals surface area contributed by atoms with Gasteiger partial charge in [0.25, 0.3) is 0 Å². The Morgan fingerprint density at radius 2 is 1.96 bits per heavy atom. The second kappa shape index (κ2) is 8.05. The van der Waals surface area contributed by atoms with Crippen LogP contribution in [-0.4, -0.2) is 69.0 Å². The van der Waals surface area contributed by atoms with Gasteiger partial charge in [0.05, 0.1) is 11.9 Å². The number of carbonyl (C=O) groups is 2. The first-order chi connectivity index (χ1) is 11.8. The van der Waals surface area contributed by atoms with E-state index in [1.165, 1.54) is 6.07 Å². The molecule has 0 radical (unpaired) electrons. The van der Waals surface area contributed by atoms with Crippen LogP contribution in [0.15, 0.2) is 24.3 Å². The summed E-state index contributed by atoms with van der Waals surface area (Å²) in [5.74, 6) is -0.265. The number of hydrogen-bond donors (Lipinski definition) is 0. The average Bonchev–Trinajstić information content (AvgIpc) is 2.58. The van der Waals surface area contributed by atoms with Crippen LogP contribution in [0.1, 0.15) is 13.3 Å². The molecule has 1 aromatic carbocycles. The van der Waals surface area contributed by atoms with E-state index >= 15 is 0 Å². The minimum Gasteiger partial charge on any atom is -0.342 e. The lowest BCUT2D eigenvalue weighted by molar-refractivity contribution is -0.136. The van der Waals surface area contributed by atoms with Crippen molar-refractivity contribution in [3.8, 4) is 0 Å². The predicted octanol–water partition coefficient (Wildman–Crippen LogP) is 1.19. The summed E-state index contributed by atoms with van der Waals surface area (Å²) in [6, 6.07) is 5.59. The molecule has 1 aromatic rings. The molecular formula is C16H22ClN3O4S. The maximum atomic E-state index is 13.0. The summed E-state index contributed by atoms with van der Waals surface area (Å²) in [6.45, 7) is 3.44. The maximum Gasteiger partial charge on any atom is 0.246 e. The minimum atomic E-state index is -3.68. The van der Waals surface area contributed by atoms with Crippen molar-refractivity contribution in [1.29, 1.82) is 0 Å². The van der Waals surface area contributed by atoms with Crippen LogP contribution >= 0.6 is 11.6 Å². The minimum absolute atomic E-state index is 0.265. The zero-order valence-electron chi connectivity index (χ0n) is 14.3. The van der Waals surface area contributed by atoms with Gasteiger partial charge in [0, 0.05) is 31.2 Å². The van der Waals surface area contributed by atoms with Crippen molar-refractivity contribution >= 4 is 39.6 Å². The van der Waals surface area contributed by atoms with E-state index in [0.29, 0.717) is 43.3 Å². The van der Waals surface area contributed by atoms with Gasteiger partial charge in [0.15, 0.2) is 0 Å². The van der Waals surface area contributed by atoms with E-state index in [-0.39, 0.29) is 5.91 Å². The lowest BCUT2D eigenvalue weighted by Gasteiger charge is -2.37. The van der Waals surface area contributed by atoms with Crippen LogP contribution in [0.5, 0.6) is 0 Å². The van der Waals surface area contributed by atoms with Crippen molar-refractivity contribution in [3.63, 3.8) is 0 Å². The number of nitrogens with zero attached hydrogens (tertiary/aromatic N) is 3. The molecule has 7 nitrogen and oxygen atoms in total. The molecule has 25 heavy (non-hydrogen) atoms. The Labute approximate surface area is 153 Å². The van der Waals surface area contributed by atoms with Crippen LogP contribution in [0, 0.1) is 0 Å². The third-order valence-electron chi connectivity index (χ3n) is 4.15. The number of rotatable bonds is 6. The zero-order chi connectivity index (χ0) is 18.6. The van der Waals surface area contributed by atoms with E-state index in [1.807, 2.05) is 0 Å². The van der Waals surface area contributed by atoms with Gasteiger partial charge >= 0.3 is 0 Å². The first kappa shape index (κ1) is 19.5. The lowest BCUT2D eigenvalue weighted by atomic mass is 10.1. The molecule has 0 saturated carbocycles. The molecule has 2 amide bonds. The fourth-order valence-corrected chi connectivity index (χ4v) is 4.30. The van der Waals surface area contributed by atoms with Gasteiger partial charge in [0.1, 0.15) is 6.04 Å². The van der Waals surface area contributed by atoms with E-state index in [1.54, 1.807) is 34.9 Å². The van der Waals surface area contributed by atoms with Gasteiger partial charge in [-0.3, -0.25) is 13.9 Å². The molecule has 0 N–H and O–H groups in total. The Hall–Kier alpha value is -1.80. The molecule has 1 unspecified atom stereocenters. The number of sulfonamides is 1. The molecule has 0 bridgehead atoms. The van der Waals surface area contributed by atoms with Gasteiger partial charge in [-0.05, 0) is 24.6 Å². The molecule has 0 aliphatic carbocycles. The predicted molar refractivity (Wildman–Crippen MR) is 97.1 cm³/mol. The summed E-state index contributed by atoms with van der Waals surface area (Å²) in [5, 5.41) is 0.396. The molecule has 2 rings (SSSR count). The highest BCUT2D eigenvalue weighted by molar-refractivity contribution is 7.92. The number of carbonyl (C=O) groups excluding carboxylic acids is 2. The van der Waals surface area contributed by atoms with Gasteiger partial charge in [-0.1, -0.05) is 24.6 Å². The summed E-state index contributed by atoms with van der Waals surface area (Å²) in [7, 11) is -3.68. The topological polar surface area (TPSA) is 78.0 Å². The largest absolute Gasteiger partial charge is 0.342 e. The molecule has 1 saturated heterocycles. The molecule has 1 atom stereocenters. The van der Waals surface area contributed by atoms with E-state index < -0.39 is 16.1 Å². The summed E-state index contributed by atoms with van der Waals surface area (Å²) >= 11 is 5.99. The Balaban J connectivity index is 2.31. The lowest BCUT2D eigenvalue weighted by Crippen LogP contribution is -2.55. The standard InChI is InChI=1S/C16H22ClN3O4S/c1-3-15(16(22)19-9-7-18(12-21)8-10-19)20(25(2,23)24)14-6-4-5-13(17)11-14/h4-6,11-12,15H,3,7-10H2,1-2H3. The molecule has 1 aliphatic rings. The van der Waals surface area contributed by atoms with Crippen molar-refractivity contribution in [2.24, 2.45) is 0 Å². The van der Waals surface area contributed by atoms with Gasteiger partial charge in [0.2, 0.25) is 22.3 Å². The third-order valence-corrected chi connectivity index (χ3v) is 5.56. The quantitative estimate of drug-likeness (QED) is 0.687. The second-order valence-electron chi connectivity index (χ2n) is 5.93. The van der Waals surface area contributed by atoms with Crippen LogP contribution < -0.4 is 4.31 Å². The summed E-state index contributed by atoms with van der Waals surface area (Å²) < 4.78 is 25.9. The Kier molecular flexibility index (Phi) is 6.29. The third kappa shape index (κ3) is 4.64. The fourth-order valence-electron chi connectivity index (χ4n) is 2.91. The normalized spacial score (nSPS) is 16.4. The molecular weight excluding hydrogens is 366 g/mol. The van der Waals surface area contributed by atoms with Gasteiger partial charge in [-0.2, -0.15) is 0 Å². The smallest absolute Gasteiger partial charge is 0.246 e. The fraction of sp³-hybridized carbons (Fsp3) is 0.500. The maximum absolute atomic E-state index is 13.0. The number of halogens is 1. The molecule has 0 aromatic heterocycles. The highest BCUT2D eigenvalue weighted by Gasteiger charge is 2.35. The molecule has 1 heterocycles. The highest BCUT2D eigenvalue weighted by Crippen LogP contribution is 2.26. The average molecular weight is 388 g/mol. The number of amides is 2. The van der Waals surface area contributed by atoms with Gasteiger partial charge < -0.3 is 9.80 Å². The molecule has 9 heteroatoms. The van der Waals surface area contributed by atoms with Crippen molar-refractivity contribution in [3.05, 3.63) is 29.3 Å². The SMILES string of the molecule is CCC(C(=O)N1CCN(C=O)CC1)N(c1cccc(Cl)c1)S(C)(=O)=O. The highest BCUT2D eigenvalue weighted by atomic mass is 35.5. The van der Waals surface area contributed by atoms with E-state index in [2.05, 4.69) is 0 Å². The van der Waals surface area contributed by atoms with Crippen molar-refractivity contribution in [2.45, 2.75) is 19.4 Å². The van der Waals surface area contributed by atoms with Crippen LogP contribution in [-0.2, 0) is 19.6 Å². The molecule has 138 valence electrons. The monoisotopic (exact) mass is 387 g/mol. The van der Waals surface area contributed by atoms with Crippen LogP contribution in [0.2, 0.25) is 5.02 Å². The Morgan fingerprint density at radius 3 is 2.44 bits per heavy atom. The van der Waals surface area contributed by atoms with Crippen molar-refractivity contribution in [1.82, 2.24) is 9.80 Å². The Bertz CT molecular complexity index is 733. The van der Waals surface area contributed by atoms with Crippen LogP contribution in [0.3, 0.4) is 0 Å². The van der Waals surface area contributed by atoms with E-state index in [0.717, 1.165) is 17.0 Å². The van der Waals surface area contributed by atoms with Crippen LogP contribution in [0.25, 0.3) is 0 Å². The number of anilines is 1. The van der Waals surface area contributed by atoms with Crippen LogP contribution in [0.4, 0.5) is 5.69 Å². The second-order valence-corrected chi connectivity index (χ2v) is 8.23. The number of piperazine rings is 1. The van der Waals surface area contributed by atoms with E-state index in [9.17, 15) is 18.0 Å². The zero-order valence-corrected chi connectivity index (χ0v) is 15.8. The first-order valence-electron chi connectivity index (χ1n) is 8.01. The molecule has 1 aliphatic heterocycles. The molecule has 1 fully saturated rings. The van der Waals surface area contributed by atoms with E-state index in [4.69, 9.17) is 11.6 Å². The Morgan fingerprint density at radius 1 is 1.32 bits per heavy atom.